The summed E-state index contributed by atoms with van der Waals surface area (Å²) in [6.45, 7) is 9.88. The Labute approximate surface area is 126 Å². The van der Waals surface area contributed by atoms with Crippen LogP contribution in [0.25, 0.3) is 0 Å². The molecule has 1 aliphatic heterocycles. The fourth-order valence-electron chi connectivity index (χ4n) is 2.57. The van der Waals surface area contributed by atoms with Gasteiger partial charge in [0.15, 0.2) is 5.16 Å². The molecule has 1 N–H and O–H groups in total. The molecule has 0 saturated carbocycles. The lowest BCUT2D eigenvalue weighted by molar-refractivity contribution is 0.237. The molecule has 2 heterocycles. The van der Waals surface area contributed by atoms with Crippen molar-refractivity contribution in [3.8, 4) is 0 Å². The summed E-state index contributed by atoms with van der Waals surface area (Å²) in [4.78, 5) is 11.6. The number of piperidine rings is 1. The van der Waals surface area contributed by atoms with E-state index >= 15 is 0 Å². The molecule has 2 rings (SSSR count). The van der Waals surface area contributed by atoms with Crippen LogP contribution in [-0.4, -0.2) is 35.9 Å². The van der Waals surface area contributed by atoms with Gasteiger partial charge in [0.1, 0.15) is 11.6 Å². The Morgan fingerprint density at radius 1 is 1.30 bits per heavy atom. The fourth-order valence-corrected chi connectivity index (χ4v) is 2.94. The molecule has 0 bridgehead atoms. The van der Waals surface area contributed by atoms with Crippen molar-refractivity contribution in [2.45, 2.75) is 45.2 Å². The van der Waals surface area contributed by atoms with Crippen molar-refractivity contribution in [2.75, 3.05) is 36.1 Å². The van der Waals surface area contributed by atoms with E-state index in [1.807, 2.05) is 6.26 Å². The molecule has 1 aromatic rings. The van der Waals surface area contributed by atoms with Crippen LogP contribution in [-0.2, 0) is 0 Å². The third-order valence-corrected chi connectivity index (χ3v) is 4.93. The fraction of sp³-hybridized carbons (Fsp3) is 0.733. The number of rotatable bonds is 5. The molecule has 1 fully saturated rings. The van der Waals surface area contributed by atoms with Crippen molar-refractivity contribution in [2.24, 2.45) is 5.41 Å². The molecule has 0 spiro atoms. The molecule has 0 aromatic carbocycles. The minimum atomic E-state index is 0.510. The summed E-state index contributed by atoms with van der Waals surface area (Å²) in [5, 5.41) is 4.15. The Hall–Kier alpha value is -0.970. The van der Waals surface area contributed by atoms with Crippen LogP contribution in [0.2, 0.25) is 0 Å². The first kappa shape index (κ1) is 15.4. The van der Waals surface area contributed by atoms with Crippen LogP contribution in [0.4, 0.5) is 11.6 Å². The van der Waals surface area contributed by atoms with Crippen molar-refractivity contribution in [1.29, 1.82) is 0 Å². The molecule has 1 aromatic heterocycles. The molecule has 20 heavy (non-hydrogen) atoms. The Morgan fingerprint density at radius 2 is 2.00 bits per heavy atom. The number of aromatic nitrogens is 2. The van der Waals surface area contributed by atoms with Crippen LogP contribution in [0, 0.1) is 5.41 Å². The third-order valence-electron chi connectivity index (χ3n) is 4.38. The lowest BCUT2D eigenvalue weighted by Crippen LogP contribution is -2.39. The van der Waals surface area contributed by atoms with Gasteiger partial charge in [0.2, 0.25) is 0 Å². The zero-order valence-electron chi connectivity index (χ0n) is 13.1. The Balaban J connectivity index is 2.14. The van der Waals surface area contributed by atoms with Crippen molar-refractivity contribution in [3.05, 3.63) is 6.07 Å². The van der Waals surface area contributed by atoms with E-state index in [2.05, 4.69) is 47.0 Å². The number of anilines is 2. The first-order valence-electron chi connectivity index (χ1n) is 7.52. The molecule has 5 heteroatoms. The van der Waals surface area contributed by atoms with Crippen LogP contribution in [0.5, 0.6) is 0 Å². The normalized spacial score (nSPS) is 18.1. The molecule has 0 amide bonds. The molecule has 112 valence electrons. The maximum absolute atomic E-state index is 4.67. The first-order valence-corrected chi connectivity index (χ1v) is 8.74. The summed E-state index contributed by atoms with van der Waals surface area (Å²) in [7, 11) is 0. The van der Waals surface area contributed by atoms with Crippen LogP contribution in [0.1, 0.15) is 40.0 Å². The molecule has 4 nitrogen and oxygen atoms in total. The monoisotopic (exact) mass is 294 g/mol. The highest BCUT2D eigenvalue weighted by atomic mass is 32.2. The van der Waals surface area contributed by atoms with Crippen LogP contribution < -0.4 is 10.2 Å². The second-order valence-corrected chi connectivity index (χ2v) is 6.55. The number of hydrogen-bond acceptors (Lipinski definition) is 5. The largest absolute Gasteiger partial charge is 0.370 e. The highest BCUT2D eigenvalue weighted by molar-refractivity contribution is 7.98. The van der Waals surface area contributed by atoms with Crippen LogP contribution in [0.15, 0.2) is 11.2 Å². The van der Waals surface area contributed by atoms with E-state index < -0.39 is 0 Å². The van der Waals surface area contributed by atoms with E-state index in [-0.39, 0.29) is 0 Å². The molecule has 1 aliphatic rings. The highest BCUT2D eigenvalue weighted by Gasteiger charge is 2.29. The van der Waals surface area contributed by atoms with E-state index in [0.29, 0.717) is 5.41 Å². The lowest BCUT2D eigenvalue weighted by Gasteiger charge is -2.39. The average molecular weight is 294 g/mol. The molecule has 1 saturated heterocycles. The van der Waals surface area contributed by atoms with Crippen LogP contribution in [0.3, 0.4) is 0 Å². The summed E-state index contributed by atoms with van der Waals surface area (Å²) >= 11 is 1.60. The quantitative estimate of drug-likeness (QED) is 0.663. The van der Waals surface area contributed by atoms with Gasteiger partial charge in [-0.15, -0.1) is 0 Å². The Kier molecular flexibility index (Phi) is 5.13. The van der Waals surface area contributed by atoms with Gasteiger partial charge in [-0.1, -0.05) is 32.0 Å². The predicted octanol–water partition coefficient (Wildman–Crippen LogP) is 3.65. The minimum Gasteiger partial charge on any atom is -0.370 e. The summed E-state index contributed by atoms with van der Waals surface area (Å²) in [5.41, 5.74) is 0.510. The van der Waals surface area contributed by atoms with Gasteiger partial charge in [0, 0.05) is 25.7 Å². The number of nitrogens with zero attached hydrogens (tertiary/aromatic N) is 3. The standard InChI is InChI=1S/C15H26N4S/c1-5-15(3)7-9-19(10-8-15)13-11-12(16-6-2)17-14(18-13)20-4/h11H,5-10H2,1-4H3,(H,16,17,18). The third kappa shape index (κ3) is 3.57. The highest BCUT2D eigenvalue weighted by Crippen LogP contribution is 2.35. The van der Waals surface area contributed by atoms with Crippen molar-refractivity contribution < 1.29 is 0 Å². The number of nitrogens with one attached hydrogen (secondary N) is 1. The second kappa shape index (κ2) is 6.66. The number of hydrogen-bond donors (Lipinski definition) is 1. The van der Waals surface area contributed by atoms with Gasteiger partial charge in [0.05, 0.1) is 0 Å². The van der Waals surface area contributed by atoms with Crippen molar-refractivity contribution in [3.63, 3.8) is 0 Å². The maximum atomic E-state index is 4.67. The zero-order valence-corrected chi connectivity index (χ0v) is 13.9. The molecule has 0 unspecified atom stereocenters. The summed E-state index contributed by atoms with van der Waals surface area (Å²) in [5.74, 6) is 2.00. The van der Waals surface area contributed by atoms with E-state index in [9.17, 15) is 0 Å². The second-order valence-electron chi connectivity index (χ2n) is 5.78. The lowest BCUT2D eigenvalue weighted by atomic mass is 9.78. The van der Waals surface area contributed by atoms with Gasteiger partial charge in [-0.05, 0) is 31.4 Å². The summed E-state index contributed by atoms with van der Waals surface area (Å²) in [6.07, 6.45) is 5.79. The smallest absolute Gasteiger partial charge is 0.191 e. The Bertz CT molecular complexity index is 441. The SMILES string of the molecule is CCNc1cc(N2CCC(C)(CC)CC2)nc(SC)n1. The van der Waals surface area contributed by atoms with Gasteiger partial charge in [-0.3, -0.25) is 0 Å². The first-order chi connectivity index (χ1) is 9.60. The molecule has 0 aliphatic carbocycles. The van der Waals surface area contributed by atoms with Gasteiger partial charge in [0.25, 0.3) is 0 Å². The van der Waals surface area contributed by atoms with E-state index in [1.54, 1.807) is 11.8 Å². The molecule has 0 radical (unpaired) electrons. The average Bonchev–Trinajstić information content (AvgIpc) is 2.48. The van der Waals surface area contributed by atoms with Gasteiger partial charge in [-0.2, -0.15) is 0 Å². The molecular weight excluding hydrogens is 268 g/mol. The topological polar surface area (TPSA) is 41.0 Å². The van der Waals surface area contributed by atoms with E-state index in [4.69, 9.17) is 0 Å². The van der Waals surface area contributed by atoms with E-state index in [0.717, 1.165) is 36.4 Å². The van der Waals surface area contributed by atoms with Gasteiger partial charge < -0.3 is 10.2 Å². The zero-order chi connectivity index (χ0) is 14.6. The summed E-state index contributed by atoms with van der Waals surface area (Å²) < 4.78 is 0. The van der Waals surface area contributed by atoms with Gasteiger partial charge >= 0.3 is 0 Å². The van der Waals surface area contributed by atoms with Crippen LogP contribution >= 0.6 is 11.8 Å². The minimum absolute atomic E-state index is 0.510. The van der Waals surface area contributed by atoms with E-state index in [1.165, 1.54) is 19.3 Å². The summed E-state index contributed by atoms with van der Waals surface area (Å²) in [6, 6.07) is 2.08. The molecule has 0 atom stereocenters. The Morgan fingerprint density at radius 3 is 2.55 bits per heavy atom. The van der Waals surface area contributed by atoms with Crippen molar-refractivity contribution >= 4 is 23.4 Å². The van der Waals surface area contributed by atoms with Crippen molar-refractivity contribution in [1.82, 2.24) is 9.97 Å². The molecular formula is C15H26N4S. The number of thioether (sulfide) groups is 1. The van der Waals surface area contributed by atoms with Gasteiger partial charge in [-0.25, -0.2) is 9.97 Å². The maximum Gasteiger partial charge on any atom is 0.191 e. The predicted molar refractivity (Wildman–Crippen MR) is 87.8 cm³/mol.